The summed E-state index contributed by atoms with van der Waals surface area (Å²) in [6.45, 7) is 0.977. The van der Waals surface area contributed by atoms with Crippen molar-refractivity contribution in [1.29, 1.82) is 0 Å². The third kappa shape index (κ3) is 3.78. The Balaban J connectivity index is 2.85. The maximum atomic E-state index is 9.78. The molecule has 0 aliphatic carbocycles. The quantitative estimate of drug-likeness (QED) is 0.755. The second-order valence-corrected chi connectivity index (χ2v) is 4.15. The number of likely N-dealkylation sites (N-methyl/N-ethyl adjacent to an activating group) is 1. The van der Waals surface area contributed by atoms with Crippen LogP contribution >= 0.6 is 0 Å². The van der Waals surface area contributed by atoms with Crippen LogP contribution < -0.4 is 20.1 Å². The molecule has 0 aliphatic heterocycles. The van der Waals surface area contributed by atoms with Crippen LogP contribution in [0.25, 0.3) is 0 Å². The Hall–Kier alpha value is -1.46. The monoisotopic (exact) mass is 254 g/mol. The lowest BCUT2D eigenvalue weighted by molar-refractivity contribution is 0.174. The van der Waals surface area contributed by atoms with Gasteiger partial charge in [-0.15, -0.1) is 0 Å². The van der Waals surface area contributed by atoms with Crippen molar-refractivity contribution in [2.75, 3.05) is 39.3 Å². The van der Waals surface area contributed by atoms with Gasteiger partial charge < -0.3 is 25.2 Å². The summed E-state index contributed by atoms with van der Waals surface area (Å²) < 4.78 is 10.5. The molecule has 0 saturated carbocycles. The second kappa shape index (κ2) is 7.08. The van der Waals surface area contributed by atoms with Crippen molar-refractivity contribution in [2.24, 2.45) is 5.73 Å². The van der Waals surface area contributed by atoms with E-state index in [0.717, 1.165) is 17.2 Å². The van der Waals surface area contributed by atoms with Crippen LogP contribution in [0.3, 0.4) is 0 Å². The minimum atomic E-state index is -0.448. The van der Waals surface area contributed by atoms with E-state index in [4.69, 9.17) is 15.2 Å². The van der Waals surface area contributed by atoms with Crippen LogP contribution in [0.5, 0.6) is 11.5 Å². The zero-order chi connectivity index (χ0) is 13.5. The van der Waals surface area contributed by atoms with Gasteiger partial charge in [0.05, 0.1) is 26.0 Å². The van der Waals surface area contributed by atoms with Crippen molar-refractivity contribution in [1.82, 2.24) is 0 Å². The number of benzene rings is 1. The van der Waals surface area contributed by atoms with Gasteiger partial charge in [-0.2, -0.15) is 0 Å². The number of rotatable bonds is 7. The number of aliphatic hydroxyl groups excluding tert-OH is 1. The van der Waals surface area contributed by atoms with Crippen molar-refractivity contribution >= 4 is 5.69 Å². The average molecular weight is 254 g/mol. The molecule has 3 N–H and O–H groups in total. The molecule has 0 heterocycles. The van der Waals surface area contributed by atoms with E-state index in [2.05, 4.69) is 0 Å². The highest BCUT2D eigenvalue weighted by Gasteiger charge is 2.13. The average Bonchev–Trinajstić information content (AvgIpc) is 2.38. The van der Waals surface area contributed by atoms with Crippen molar-refractivity contribution in [3.8, 4) is 11.5 Å². The van der Waals surface area contributed by atoms with E-state index in [1.807, 2.05) is 30.1 Å². The fourth-order valence-corrected chi connectivity index (χ4v) is 1.79. The largest absolute Gasteiger partial charge is 0.497 e. The second-order valence-electron chi connectivity index (χ2n) is 4.15. The molecular formula is C13H22N2O3. The van der Waals surface area contributed by atoms with Crippen LogP contribution in [-0.4, -0.2) is 45.6 Å². The minimum absolute atomic E-state index is 0.448. The van der Waals surface area contributed by atoms with E-state index in [1.165, 1.54) is 0 Å². The fourth-order valence-electron chi connectivity index (χ4n) is 1.79. The Labute approximate surface area is 108 Å². The lowest BCUT2D eigenvalue weighted by atomic mass is 10.2. The van der Waals surface area contributed by atoms with E-state index < -0.39 is 6.10 Å². The zero-order valence-electron chi connectivity index (χ0n) is 11.2. The van der Waals surface area contributed by atoms with Gasteiger partial charge in [0.1, 0.15) is 11.5 Å². The molecule has 1 aromatic carbocycles. The molecule has 0 fully saturated rings. The van der Waals surface area contributed by atoms with Gasteiger partial charge in [-0.1, -0.05) is 0 Å². The van der Waals surface area contributed by atoms with Crippen LogP contribution in [0.1, 0.15) is 6.42 Å². The Morgan fingerprint density at radius 3 is 2.61 bits per heavy atom. The molecule has 0 amide bonds. The summed E-state index contributed by atoms with van der Waals surface area (Å²) in [6, 6.07) is 5.57. The molecule has 0 aromatic heterocycles. The highest BCUT2D eigenvalue weighted by atomic mass is 16.5. The number of methoxy groups -OCH3 is 2. The first-order valence-electron chi connectivity index (χ1n) is 5.93. The van der Waals surface area contributed by atoms with Gasteiger partial charge in [-0.05, 0) is 25.1 Å². The highest BCUT2D eigenvalue weighted by Crippen LogP contribution is 2.31. The van der Waals surface area contributed by atoms with Crippen LogP contribution in [0.4, 0.5) is 5.69 Å². The molecule has 0 radical (unpaired) electrons. The molecule has 0 spiro atoms. The molecule has 1 rings (SSSR count). The number of aliphatic hydroxyl groups is 1. The van der Waals surface area contributed by atoms with E-state index in [0.29, 0.717) is 19.5 Å². The summed E-state index contributed by atoms with van der Waals surface area (Å²) in [4.78, 5) is 1.93. The molecule has 0 bridgehead atoms. The van der Waals surface area contributed by atoms with E-state index >= 15 is 0 Å². The molecule has 0 aliphatic rings. The van der Waals surface area contributed by atoms with Gasteiger partial charge in [0.25, 0.3) is 0 Å². The van der Waals surface area contributed by atoms with Crippen LogP contribution in [0.15, 0.2) is 18.2 Å². The number of hydrogen-bond donors (Lipinski definition) is 2. The Morgan fingerprint density at radius 1 is 1.33 bits per heavy atom. The van der Waals surface area contributed by atoms with Crippen LogP contribution in [0, 0.1) is 0 Å². The Kier molecular flexibility index (Phi) is 5.74. The third-order valence-corrected chi connectivity index (χ3v) is 2.78. The van der Waals surface area contributed by atoms with Gasteiger partial charge in [-0.3, -0.25) is 0 Å². The normalized spacial score (nSPS) is 12.1. The minimum Gasteiger partial charge on any atom is -0.497 e. The number of nitrogens with two attached hydrogens (primary N) is 1. The van der Waals surface area contributed by atoms with Gasteiger partial charge in [-0.25, -0.2) is 0 Å². The predicted molar refractivity (Wildman–Crippen MR) is 72.5 cm³/mol. The lowest BCUT2D eigenvalue weighted by Gasteiger charge is -2.24. The van der Waals surface area contributed by atoms with Crippen molar-refractivity contribution in [3.05, 3.63) is 18.2 Å². The molecule has 18 heavy (non-hydrogen) atoms. The first-order valence-corrected chi connectivity index (χ1v) is 5.93. The molecule has 1 aromatic rings. The van der Waals surface area contributed by atoms with Gasteiger partial charge in [0.2, 0.25) is 0 Å². The van der Waals surface area contributed by atoms with Crippen molar-refractivity contribution in [3.63, 3.8) is 0 Å². The van der Waals surface area contributed by atoms with Crippen LogP contribution in [0.2, 0.25) is 0 Å². The summed E-state index contributed by atoms with van der Waals surface area (Å²) in [5.74, 6) is 1.50. The first kappa shape index (κ1) is 14.6. The molecule has 102 valence electrons. The van der Waals surface area contributed by atoms with Crippen molar-refractivity contribution in [2.45, 2.75) is 12.5 Å². The summed E-state index contributed by atoms with van der Waals surface area (Å²) in [5.41, 5.74) is 6.30. The maximum Gasteiger partial charge on any atom is 0.142 e. The summed E-state index contributed by atoms with van der Waals surface area (Å²) in [7, 11) is 5.14. The van der Waals surface area contributed by atoms with E-state index in [1.54, 1.807) is 14.2 Å². The smallest absolute Gasteiger partial charge is 0.142 e. The molecular weight excluding hydrogens is 232 g/mol. The topological polar surface area (TPSA) is 68.0 Å². The standard InChI is InChI=1S/C13H22N2O3/c1-15(9-10(16)6-7-14)12-8-11(17-2)4-5-13(12)18-3/h4-5,8,10,16H,6-7,9,14H2,1-3H3. The fraction of sp³-hybridized carbons (Fsp3) is 0.538. The summed E-state index contributed by atoms with van der Waals surface area (Å²) >= 11 is 0. The van der Waals surface area contributed by atoms with Crippen LogP contribution in [-0.2, 0) is 0 Å². The Bertz CT molecular complexity index is 371. The number of nitrogens with zero attached hydrogens (tertiary/aromatic N) is 1. The molecule has 1 atom stereocenters. The van der Waals surface area contributed by atoms with Gasteiger partial charge in [0.15, 0.2) is 0 Å². The van der Waals surface area contributed by atoms with Gasteiger partial charge in [0, 0.05) is 19.7 Å². The number of hydrogen-bond acceptors (Lipinski definition) is 5. The van der Waals surface area contributed by atoms with Crippen molar-refractivity contribution < 1.29 is 14.6 Å². The molecule has 5 nitrogen and oxygen atoms in total. The predicted octanol–water partition coefficient (Wildman–Crippen LogP) is 0.850. The summed E-state index contributed by atoms with van der Waals surface area (Å²) in [6.07, 6.45) is 0.132. The zero-order valence-corrected chi connectivity index (χ0v) is 11.2. The third-order valence-electron chi connectivity index (χ3n) is 2.78. The summed E-state index contributed by atoms with van der Waals surface area (Å²) in [5, 5.41) is 9.78. The maximum absolute atomic E-state index is 9.78. The SMILES string of the molecule is COc1ccc(OC)c(N(C)CC(O)CCN)c1. The number of anilines is 1. The molecule has 0 saturated heterocycles. The highest BCUT2D eigenvalue weighted by molar-refractivity contribution is 5.61. The lowest BCUT2D eigenvalue weighted by Crippen LogP contribution is -2.30. The van der Waals surface area contributed by atoms with E-state index in [9.17, 15) is 5.11 Å². The first-order chi connectivity index (χ1) is 8.62. The molecule has 5 heteroatoms. The Morgan fingerprint density at radius 2 is 2.06 bits per heavy atom. The number of ether oxygens (including phenoxy) is 2. The van der Waals surface area contributed by atoms with E-state index in [-0.39, 0.29) is 0 Å². The molecule has 1 unspecified atom stereocenters. The van der Waals surface area contributed by atoms with Gasteiger partial charge >= 0.3 is 0 Å².